The number of carbonyl (C=O) groups is 1. The standard InChI is InChI=1S/C48H54N6O9S/c1-4-5-10-41-53-42-43(33-8-6-7-9-38(33)52-44(42)49)54(41)28-47(2,3)29-61-24-23-60-22-21-59-20-19-58-18-17-50-46(64)51-30-11-14-35-34(25-30)45(57)63-48(35)36-15-12-31(55)26-39(36)62-40-27-32(56)13-16-37(40)48/h6-9,11-16,25-27,55-56H,4-5,10,17-24,28-29H2,1-3H3,(H2,49,52)(H2,50,51,64). The number of aromatic nitrogens is 3. The number of nitrogens with two attached hydrogens (primary N) is 1. The summed E-state index contributed by atoms with van der Waals surface area (Å²) in [6.45, 7) is 11.4. The van der Waals surface area contributed by atoms with Gasteiger partial charge in [-0.3, -0.25) is 0 Å². The number of imidazole rings is 1. The number of nitrogens with one attached hydrogen (secondary N) is 2. The number of ether oxygens (including phenoxy) is 6. The molecular weight excluding hydrogens is 837 g/mol. The number of esters is 1. The summed E-state index contributed by atoms with van der Waals surface area (Å²) in [7, 11) is 0. The molecule has 2 aliphatic rings. The molecule has 6 aromatic rings. The van der Waals surface area contributed by atoms with Crippen LogP contribution >= 0.6 is 12.2 Å². The lowest BCUT2D eigenvalue weighted by molar-refractivity contribution is -0.0143. The molecule has 16 heteroatoms. The molecule has 0 saturated heterocycles. The number of nitrogens with zero attached hydrogens (tertiary/aromatic N) is 3. The van der Waals surface area contributed by atoms with Crippen LogP contribution < -0.4 is 21.1 Å². The van der Waals surface area contributed by atoms with Crippen LogP contribution in [0, 0.1) is 5.41 Å². The van der Waals surface area contributed by atoms with E-state index in [0.717, 1.165) is 53.6 Å². The van der Waals surface area contributed by atoms with Crippen LogP contribution in [0.2, 0.25) is 0 Å². The molecule has 1 spiro atoms. The highest BCUT2D eigenvalue weighted by atomic mass is 32.1. The molecule has 0 fully saturated rings. The third kappa shape index (κ3) is 9.42. The fourth-order valence-corrected chi connectivity index (χ4v) is 8.50. The zero-order valence-electron chi connectivity index (χ0n) is 36.3. The Morgan fingerprint density at radius 1 is 0.844 bits per heavy atom. The maximum Gasteiger partial charge on any atom is 0.340 e. The molecule has 2 aromatic heterocycles. The maximum absolute atomic E-state index is 13.4. The lowest BCUT2D eigenvalue weighted by atomic mass is 9.77. The Morgan fingerprint density at radius 3 is 2.17 bits per heavy atom. The van der Waals surface area contributed by atoms with Crippen LogP contribution in [0.5, 0.6) is 23.0 Å². The number of hydrogen-bond donors (Lipinski definition) is 5. The molecule has 4 heterocycles. The Kier molecular flexibility index (Phi) is 13.5. The minimum absolute atomic E-state index is 0.00968. The van der Waals surface area contributed by atoms with Gasteiger partial charge in [-0.15, -0.1) is 0 Å². The van der Waals surface area contributed by atoms with Crippen molar-refractivity contribution >= 4 is 56.7 Å². The van der Waals surface area contributed by atoms with Gasteiger partial charge in [-0.1, -0.05) is 51.5 Å². The molecule has 0 bridgehead atoms. The van der Waals surface area contributed by atoms with Gasteiger partial charge in [0.15, 0.2) is 16.5 Å². The minimum atomic E-state index is -1.33. The van der Waals surface area contributed by atoms with Gasteiger partial charge in [-0.05, 0) is 61.1 Å². The smallest absolute Gasteiger partial charge is 0.340 e. The molecule has 6 N–H and O–H groups in total. The summed E-state index contributed by atoms with van der Waals surface area (Å²) in [5, 5.41) is 28.0. The number of benzene rings is 4. The third-order valence-electron chi connectivity index (χ3n) is 11.2. The first-order valence-corrected chi connectivity index (χ1v) is 22.0. The van der Waals surface area contributed by atoms with Crippen LogP contribution in [-0.4, -0.2) is 95.2 Å². The highest BCUT2D eigenvalue weighted by Crippen LogP contribution is 2.57. The SMILES string of the molecule is CCCCc1nc2c(N)nc3ccccc3c2n1CC(C)(C)COCCOCCOCCOCCNC(=S)Nc1ccc2c(c1)C(=O)OC21c2ccc(O)cc2Oc2cc(O)ccc21. The fourth-order valence-electron chi connectivity index (χ4n) is 8.28. The van der Waals surface area contributed by atoms with Crippen LogP contribution in [0.25, 0.3) is 21.9 Å². The van der Waals surface area contributed by atoms with Crippen LogP contribution in [-0.2, 0) is 42.3 Å². The Hall–Kier alpha value is -6.04. The van der Waals surface area contributed by atoms with Crippen molar-refractivity contribution in [1.82, 2.24) is 19.9 Å². The van der Waals surface area contributed by atoms with Crippen molar-refractivity contribution in [2.24, 2.45) is 5.41 Å². The highest BCUT2D eigenvalue weighted by Gasteiger charge is 2.53. The molecule has 4 aromatic carbocycles. The lowest BCUT2D eigenvalue weighted by Gasteiger charge is -2.36. The quantitative estimate of drug-likeness (QED) is 0.0286. The van der Waals surface area contributed by atoms with E-state index < -0.39 is 11.6 Å². The van der Waals surface area contributed by atoms with Crippen molar-refractivity contribution in [3.63, 3.8) is 0 Å². The molecule has 2 aliphatic heterocycles. The maximum atomic E-state index is 13.4. The van der Waals surface area contributed by atoms with Gasteiger partial charge in [0.05, 0.1) is 69.5 Å². The second-order valence-electron chi connectivity index (χ2n) is 16.7. The number of unbranched alkanes of at least 4 members (excludes halogenated alkanes) is 1. The number of phenolic OH excluding ortho intramolecular Hbond substituents is 2. The normalized spacial score (nSPS) is 13.7. The van der Waals surface area contributed by atoms with E-state index in [4.69, 9.17) is 51.4 Å². The van der Waals surface area contributed by atoms with E-state index >= 15 is 0 Å². The summed E-state index contributed by atoms with van der Waals surface area (Å²) in [5.41, 5.74) is 10.2. The molecule has 0 atom stereocenters. The van der Waals surface area contributed by atoms with Crippen molar-refractivity contribution in [2.75, 3.05) is 70.5 Å². The summed E-state index contributed by atoms with van der Waals surface area (Å²) in [6, 6.07) is 22.7. The molecule has 336 valence electrons. The zero-order chi connectivity index (χ0) is 44.8. The van der Waals surface area contributed by atoms with Crippen molar-refractivity contribution in [1.29, 1.82) is 0 Å². The number of thiocarbonyl (C=S) groups is 1. The Morgan fingerprint density at radius 2 is 1.48 bits per heavy atom. The lowest BCUT2D eigenvalue weighted by Crippen LogP contribution is -2.33. The summed E-state index contributed by atoms with van der Waals surface area (Å²) in [6.07, 6.45) is 3.00. The molecule has 0 unspecified atom stereocenters. The van der Waals surface area contributed by atoms with Crippen molar-refractivity contribution in [3.05, 3.63) is 107 Å². The zero-order valence-corrected chi connectivity index (χ0v) is 37.1. The first-order valence-electron chi connectivity index (χ1n) is 21.6. The predicted molar refractivity (Wildman–Crippen MR) is 247 cm³/mol. The molecule has 0 radical (unpaired) electrons. The van der Waals surface area contributed by atoms with Gasteiger partial charge in [-0.2, -0.15) is 0 Å². The Labute approximate surface area is 376 Å². The van der Waals surface area contributed by atoms with Gasteiger partial charge in [0, 0.05) is 64.8 Å². The number of pyridine rings is 1. The minimum Gasteiger partial charge on any atom is -0.508 e. The van der Waals surface area contributed by atoms with Crippen LogP contribution in [0.3, 0.4) is 0 Å². The van der Waals surface area contributed by atoms with E-state index in [0.29, 0.717) is 110 Å². The van der Waals surface area contributed by atoms with E-state index in [1.54, 1.807) is 24.3 Å². The fraction of sp³-hybridized carbons (Fsp3) is 0.375. The number of para-hydroxylation sites is 1. The van der Waals surface area contributed by atoms with Gasteiger partial charge < -0.3 is 59.6 Å². The number of hydrogen-bond acceptors (Lipinski definition) is 13. The number of anilines is 2. The number of nitrogen functional groups attached to an aromatic ring is 1. The Balaban J connectivity index is 0.713. The molecule has 0 amide bonds. The summed E-state index contributed by atoms with van der Waals surface area (Å²) in [5.74, 6) is 1.56. The van der Waals surface area contributed by atoms with Gasteiger partial charge in [0.25, 0.3) is 0 Å². The number of fused-ring (bicyclic) bond motifs is 9. The number of phenols is 2. The molecule has 15 nitrogen and oxygen atoms in total. The van der Waals surface area contributed by atoms with Gasteiger partial charge in [-0.25, -0.2) is 14.8 Å². The highest BCUT2D eigenvalue weighted by molar-refractivity contribution is 7.80. The van der Waals surface area contributed by atoms with E-state index in [1.807, 2.05) is 24.3 Å². The monoisotopic (exact) mass is 890 g/mol. The third-order valence-corrected chi connectivity index (χ3v) is 11.4. The van der Waals surface area contributed by atoms with Crippen LogP contribution in [0.1, 0.15) is 66.5 Å². The second-order valence-corrected chi connectivity index (χ2v) is 17.1. The second kappa shape index (κ2) is 19.4. The van der Waals surface area contributed by atoms with E-state index in [-0.39, 0.29) is 16.9 Å². The van der Waals surface area contributed by atoms with Gasteiger partial charge in [0.1, 0.15) is 34.3 Å². The van der Waals surface area contributed by atoms with E-state index in [2.05, 4.69) is 47.0 Å². The van der Waals surface area contributed by atoms with E-state index in [9.17, 15) is 15.0 Å². The first kappa shape index (κ1) is 44.6. The molecular formula is C48H54N6O9S. The van der Waals surface area contributed by atoms with E-state index in [1.165, 1.54) is 24.3 Å². The average molecular weight is 891 g/mol. The number of carbonyl (C=O) groups excluding carboxylic acids is 1. The molecule has 0 saturated carbocycles. The Bertz CT molecular complexity index is 2620. The summed E-state index contributed by atoms with van der Waals surface area (Å²) >= 11 is 5.50. The van der Waals surface area contributed by atoms with Crippen LogP contribution in [0.15, 0.2) is 78.9 Å². The number of aromatic hydroxyl groups is 2. The van der Waals surface area contributed by atoms with Gasteiger partial charge in [0.2, 0.25) is 0 Å². The summed E-state index contributed by atoms with van der Waals surface area (Å²) in [4.78, 5) is 23.0. The van der Waals surface area contributed by atoms with Crippen molar-refractivity contribution in [2.45, 2.75) is 52.2 Å². The topological polar surface area (TPSA) is 194 Å². The van der Waals surface area contributed by atoms with Crippen molar-refractivity contribution < 1.29 is 43.4 Å². The summed E-state index contributed by atoms with van der Waals surface area (Å²) < 4.78 is 37.7. The first-order chi connectivity index (χ1) is 31.0. The molecule has 64 heavy (non-hydrogen) atoms. The molecule has 0 aliphatic carbocycles. The van der Waals surface area contributed by atoms with Crippen LogP contribution in [0.4, 0.5) is 11.5 Å². The number of aryl methyl sites for hydroxylation is 1. The molecule has 8 rings (SSSR count). The average Bonchev–Trinajstić information content (AvgIpc) is 3.77. The number of rotatable bonds is 20. The largest absolute Gasteiger partial charge is 0.508 e. The predicted octanol–water partition coefficient (Wildman–Crippen LogP) is 7.57. The van der Waals surface area contributed by atoms with Gasteiger partial charge >= 0.3 is 5.97 Å². The van der Waals surface area contributed by atoms with Crippen molar-refractivity contribution in [3.8, 4) is 23.0 Å².